The number of hydrogen-bond donors (Lipinski definition) is 1. The zero-order chi connectivity index (χ0) is 8.27. The Morgan fingerprint density at radius 1 is 1.73 bits per heavy atom. The summed E-state index contributed by atoms with van der Waals surface area (Å²) < 4.78 is 4.73. The highest BCUT2D eigenvalue weighted by molar-refractivity contribution is 6.04. The van der Waals surface area contributed by atoms with Crippen LogP contribution in [0.5, 0.6) is 0 Å². The summed E-state index contributed by atoms with van der Waals surface area (Å²) in [5.74, 6) is -0.126. The van der Waals surface area contributed by atoms with Crippen molar-refractivity contribution in [2.75, 3.05) is 0 Å². The van der Waals surface area contributed by atoms with E-state index in [9.17, 15) is 4.79 Å². The molecule has 0 fully saturated rings. The van der Waals surface area contributed by atoms with Gasteiger partial charge >= 0.3 is 0 Å². The van der Waals surface area contributed by atoms with Crippen molar-refractivity contribution in [3.8, 4) is 0 Å². The van der Waals surface area contributed by atoms with Crippen molar-refractivity contribution in [3.63, 3.8) is 0 Å². The van der Waals surface area contributed by atoms with Crippen LogP contribution >= 0.6 is 0 Å². The maximum atomic E-state index is 11.1. The summed E-state index contributed by atoms with van der Waals surface area (Å²) in [5.41, 5.74) is 6.33. The molecule has 1 aromatic rings. The van der Waals surface area contributed by atoms with Gasteiger partial charge in [0.1, 0.15) is 6.26 Å². The minimum atomic E-state index is -0.126. The molecular formula is C8H9NO2. The van der Waals surface area contributed by atoms with E-state index in [4.69, 9.17) is 10.2 Å². The van der Waals surface area contributed by atoms with Crippen LogP contribution < -0.4 is 5.73 Å². The zero-order valence-corrected chi connectivity index (χ0v) is 6.20. The first-order valence-corrected chi connectivity index (χ1v) is 3.20. The van der Waals surface area contributed by atoms with E-state index < -0.39 is 0 Å². The van der Waals surface area contributed by atoms with Gasteiger partial charge in [-0.05, 0) is 13.0 Å². The molecule has 0 aromatic carbocycles. The van der Waals surface area contributed by atoms with Crippen molar-refractivity contribution in [2.24, 2.45) is 5.73 Å². The van der Waals surface area contributed by atoms with E-state index in [0.717, 1.165) is 0 Å². The van der Waals surface area contributed by atoms with Gasteiger partial charge in [-0.25, -0.2) is 0 Å². The quantitative estimate of drug-likeness (QED) is 0.512. The van der Waals surface area contributed by atoms with Crippen molar-refractivity contribution in [2.45, 2.75) is 6.92 Å². The lowest BCUT2D eigenvalue weighted by atomic mass is 10.2. The van der Waals surface area contributed by atoms with E-state index in [1.807, 2.05) is 0 Å². The normalized spacial score (nSPS) is 11.5. The third kappa shape index (κ3) is 1.97. The molecule has 0 spiro atoms. The zero-order valence-electron chi connectivity index (χ0n) is 6.20. The van der Waals surface area contributed by atoms with Gasteiger partial charge in [-0.1, -0.05) is 0 Å². The summed E-state index contributed by atoms with van der Waals surface area (Å²) in [4.78, 5) is 11.1. The summed E-state index contributed by atoms with van der Waals surface area (Å²) in [6.45, 7) is 1.66. The van der Waals surface area contributed by atoms with Gasteiger partial charge in [-0.3, -0.25) is 4.79 Å². The molecule has 0 aliphatic carbocycles. The summed E-state index contributed by atoms with van der Waals surface area (Å²) in [5, 5.41) is 0. The van der Waals surface area contributed by atoms with Gasteiger partial charge in [0.2, 0.25) is 0 Å². The fraction of sp³-hybridized carbons (Fsp3) is 0.125. The molecule has 11 heavy (non-hydrogen) atoms. The summed E-state index contributed by atoms with van der Waals surface area (Å²) >= 11 is 0. The molecule has 0 saturated heterocycles. The molecule has 3 nitrogen and oxygen atoms in total. The number of carbonyl (C=O) groups is 1. The first-order chi connectivity index (χ1) is 5.20. The van der Waals surface area contributed by atoms with Crippen LogP contribution in [0.3, 0.4) is 0 Å². The van der Waals surface area contributed by atoms with Gasteiger partial charge in [-0.15, -0.1) is 0 Å². The van der Waals surface area contributed by atoms with Crippen LogP contribution in [0.4, 0.5) is 0 Å². The first kappa shape index (κ1) is 7.60. The van der Waals surface area contributed by atoms with Gasteiger partial charge in [-0.2, -0.15) is 0 Å². The van der Waals surface area contributed by atoms with Crippen molar-refractivity contribution in [1.29, 1.82) is 0 Å². The summed E-state index contributed by atoms with van der Waals surface area (Å²) in [6.07, 6.45) is 4.21. The molecule has 0 aliphatic heterocycles. The Morgan fingerprint density at radius 3 is 2.91 bits per heavy atom. The second kappa shape index (κ2) is 3.05. The number of allylic oxidation sites excluding steroid dienone is 2. The minimum Gasteiger partial charge on any atom is -0.472 e. The molecule has 2 N–H and O–H groups in total. The van der Waals surface area contributed by atoms with Crippen molar-refractivity contribution >= 4 is 5.78 Å². The summed E-state index contributed by atoms with van der Waals surface area (Å²) in [6, 6.07) is 1.60. The predicted molar refractivity (Wildman–Crippen MR) is 41.0 cm³/mol. The highest BCUT2D eigenvalue weighted by Crippen LogP contribution is 2.02. The highest BCUT2D eigenvalue weighted by Gasteiger charge is 2.02. The number of furan rings is 1. The second-order valence-electron chi connectivity index (χ2n) is 2.26. The van der Waals surface area contributed by atoms with Gasteiger partial charge in [0.25, 0.3) is 0 Å². The van der Waals surface area contributed by atoms with E-state index in [1.54, 1.807) is 13.0 Å². The maximum Gasteiger partial charge on any atom is 0.190 e. The molecule has 3 heteroatoms. The molecule has 0 bridgehead atoms. The molecule has 58 valence electrons. The number of ketones is 1. The molecule has 0 saturated carbocycles. The van der Waals surface area contributed by atoms with E-state index in [1.165, 1.54) is 18.6 Å². The van der Waals surface area contributed by atoms with E-state index in [2.05, 4.69) is 0 Å². The standard InChI is InChI=1S/C8H9NO2/c1-6(9)4-8(10)7-2-3-11-5-7/h2-5H,9H2,1H3. The van der Waals surface area contributed by atoms with Crippen molar-refractivity contribution in [3.05, 3.63) is 35.9 Å². The lowest BCUT2D eigenvalue weighted by molar-refractivity contribution is 0.104. The third-order valence-electron chi connectivity index (χ3n) is 1.16. The number of hydrogen-bond acceptors (Lipinski definition) is 3. The lowest BCUT2D eigenvalue weighted by Gasteiger charge is -1.88. The largest absolute Gasteiger partial charge is 0.472 e. The fourth-order valence-electron chi connectivity index (χ4n) is 0.695. The smallest absolute Gasteiger partial charge is 0.190 e. The van der Waals surface area contributed by atoms with E-state index in [0.29, 0.717) is 11.3 Å². The SMILES string of the molecule is CC(N)=CC(=O)c1ccoc1. The Labute approximate surface area is 64.5 Å². The number of nitrogens with two attached hydrogens (primary N) is 1. The van der Waals surface area contributed by atoms with Crippen molar-refractivity contribution < 1.29 is 9.21 Å². The van der Waals surface area contributed by atoms with Gasteiger partial charge in [0, 0.05) is 11.8 Å². The molecule has 0 aliphatic rings. The Balaban J connectivity index is 2.80. The molecular weight excluding hydrogens is 142 g/mol. The molecule has 1 aromatic heterocycles. The molecule has 1 heterocycles. The van der Waals surface area contributed by atoms with Crippen LogP contribution in [0.25, 0.3) is 0 Å². The highest BCUT2D eigenvalue weighted by atomic mass is 16.3. The Kier molecular flexibility index (Phi) is 2.11. The topological polar surface area (TPSA) is 56.2 Å². The van der Waals surface area contributed by atoms with Gasteiger partial charge < -0.3 is 10.2 Å². The van der Waals surface area contributed by atoms with Crippen LogP contribution in [-0.4, -0.2) is 5.78 Å². The van der Waals surface area contributed by atoms with E-state index in [-0.39, 0.29) is 5.78 Å². The molecule has 0 amide bonds. The molecule has 0 radical (unpaired) electrons. The van der Waals surface area contributed by atoms with Crippen LogP contribution in [0.2, 0.25) is 0 Å². The summed E-state index contributed by atoms with van der Waals surface area (Å²) in [7, 11) is 0. The van der Waals surface area contributed by atoms with E-state index >= 15 is 0 Å². The van der Waals surface area contributed by atoms with Crippen LogP contribution in [-0.2, 0) is 0 Å². The van der Waals surface area contributed by atoms with Crippen LogP contribution in [0, 0.1) is 0 Å². The fourth-order valence-corrected chi connectivity index (χ4v) is 0.695. The van der Waals surface area contributed by atoms with Gasteiger partial charge in [0.05, 0.1) is 11.8 Å². The average molecular weight is 151 g/mol. The maximum absolute atomic E-state index is 11.1. The lowest BCUT2D eigenvalue weighted by Crippen LogP contribution is -1.98. The minimum absolute atomic E-state index is 0.126. The average Bonchev–Trinajstić information content (AvgIpc) is 2.35. The molecule has 0 unspecified atom stereocenters. The van der Waals surface area contributed by atoms with Gasteiger partial charge in [0.15, 0.2) is 5.78 Å². The second-order valence-corrected chi connectivity index (χ2v) is 2.26. The van der Waals surface area contributed by atoms with Crippen LogP contribution in [0.15, 0.2) is 34.8 Å². The Morgan fingerprint density at radius 2 is 2.45 bits per heavy atom. The van der Waals surface area contributed by atoms with Crippen LogP contribution in [0.1, 0.15) is 17.3 Å². The third-order valence-corrected chi connectivity index (χ3v) is 1.16. The monoisotopic (exact) mass is 151 g/mol. The number of rotatable bonds is 2. The number of carbonyl (C=O) groups excluding carboxylic acids is 1. The first-order valence-electron chi connectivity index (χ1n) is 3.20. The molecule has 1 rings (SSSR count). The predicted octanol–water partition coefficient (Wildman–Crippen LogP) is 1.32. The van der Waals surface area contributed by atoms with Crippen molar-refractivity contribution in [1.82, 2.24) is 0 Å². The Bertz CT molecular complexity index is 268. The molecule has 0 atom stereocenters. The Hall–Kier alpha value is -1.51.